The van der Waals surface area contributed by atoms with E-state index in [1.807, 2.05) is 6.92 Å². The van der Waals surface area contributed by atoms with Gasteiger partial charge in [0.05, 0.1) is 16.6 Å². The molecule has 1 unspecified atom stereocenters. The van der Waals surface area contributed by atoms with Crippen LogP contribution in [-0.4, -0.2) is 12.0 Å². The molecule has 0 fully saturated rings. The van der Waals surface area contributed by atoms with Gasteiger partial charge in [0, 0.05) is 16.3 Å². The number of ketones is 1. The molecule has 2 rings (SSSR count). The molecule has 0 N–H and O–H groups in total. The molecule has 0 saturated heterocycles. The predicted octanol–water partition coefficient (Wildman–Crippen LogP) is 3.64. The molecule has 1 heterocycles. The fourth-order valence-corrected chi connectivity index (χ4v) is 2.24. The van der Waals surface area contributed by atoms with Crippen LogP contribution in [-0.2, 0) is 0 Å². The van der Waals surface area contributed by atoms with Crippen molar-refractivity contribution in [2.24, 2.45) is 10.9 Å². The first-order valence-corrected chi connectivity index (χ1v) is 5.34. The number of nitrogens with zero attached hydrogens (tertiary/aromatic N) is 1. The van der Waals surface area contributed by atoms with Crippen LogP contribution < -0.4 is 0 Å². The van der Waals surface area contributed by atoms with Gasteiger partial charge in [-0.25, -0.2) is 0 Å². The van der Waals surface area contributed by atoms with Gasteiger partial charge >= 0.3 is 0 Å². The number of fused-ring (bicyclic) bond motifs is 1. The summed E-state index contributed by atoms with van der Waals surface area (Å²) in [7, 11) is 0. The largest absolute Gasteiger partial charge is 0.293 e. The van der Waals surface area contributed by atoms with E-state index in [1.54, 1.807) is 18.3 Å². The van der Waals surface area contributed by atoms with Crippen molar-refractivity contribution < 1.29 is 4.79 Å². The molecule has 2 nitrogen and oxygen atoms in total. The van der Waals surface area contributed by atoms with Crippen molar-refractivity contribution in [1.82, 2.24) is 0 Å². The van der Waals surface area contributed by atoms with Crippen LogP contribution in [0.3, 0.4) is 0 Å². The highest BCUT2D eigenvalue weighted by atomic mass is 79.9. The van der Waals surface area contributed by atoms with E-state index in [2.05, 4.69) is 20.9 Å². The Morgan fingerprint density at radius 2 is 2.21 bits per heavy atom. The molecule has 14 heavy (non-hydrogen) atoms. The molecule has 1 atom stereocenters. The average molecular weight is 273 g/mol. The molecule has 0 amide bonds. The summed E-state index contributed by atoms with van der Waals surface area (Å²) in [6.45, 7) is 1.82. The Hall–Kier alpha value is -0.670. The number of Topliss-reactive ketones (excluding diaryl/α,β-unsaturated/α-hetero) is 1. The zero-order chi connectivity index (χ0) is 10.3. The summed E-state index contributed by atoms with van der Waals surface area (Å²) in [5, 5.41) is 0.505. The second-order valence-electron chi connectivity index (χ2n) is 3.21. The van der Waals surface area contributed by atoms with E-state index < -0.39 is 0 Å². The molecule has 0 spiro atoms. The third-order valence-electron chi connectivity index (χ3n) is 2.13. The van der Waals surface area contributed by atoms with Crippen LogP contribution in [0.15, 0.2) is 21.6 Å². The maximum atomic E-state index is 11.8. The van der Waals surface area contributed by atoms with Crippen LogP contribution >= 0.6 is 27.5 Å². The van der Waals surface area contributed by atoms with Gasteiger partial charge in [-0.2, -0.15) is 0 Å². The number of aliphatic imine (C=N–C) groups is 1. The first kappa shape index (κ1) is 9.87. The molecule has 0 bridgehead atoms. The molecule has 72 valence electrons. The molecule has 1 aliphatic rings. The van der Waals surface area contributed by atoms with E-state index in [1.165, 1.54) is 0 Å². The van der Waals surface area contributed by atoms with E-state index in [0.29, 0.717) is 16.3 Å². The first-order chi connectivity index (χ1) is 6.59. The first-order valence-electron chi connectivity index (χ1n) is 4.17. The molecule has 1 aromatic carbocycles. The Morgan fingerprint density at radius 1 is 1.50 bits per heavy atom. The van der Waals surface area contributed by atoms with Crippen molar-refractivity contribution >= 4 is 45.2 Å². The second-order valence-corrected chi connectivity index (χ2v) is 4.54. The lowest BCUT2D eigenvalue weighted by Crippen LogP contribution is -2.16. The summed E-state index contributed by atoms with van der Waals surface area (Å²) >= 11 is 9.26. The Kier molecular flexibility index (Phi) is 2.45. The fourth-order valence-electron chi connectivity index (χ4n) is 1.38. The van der Waals surface area contributed by atoms with Gasteiger partial charge < -0.3 is 0 Å². The highest BCUT2D eigenvalue weighted by molar-refractivity contribution is 9.10. The smallest absolute Gasteiger partial charge is 0.173 e. The third kappa shape index (κ3) is 1.51. The van der Waals surface area contributed by atoms with Gasteiger partial charge in [-0.3, -0.25) is 9.79 Å². The zero-order valence-electron chi connectivity index (χ0n) is 7.42. The maximum Gasteiger partial charge on any atom is 0.173 e. The van der Waals surface area contributed by atoms with Gasteiger partial charge in [0.2, 0.25) is 0 Å². The summed E-state index contributed by atoms with van der Waals surface area (Å²) in [6, 6.07) is 3.50. The lowest BCUT2D eigenvalue weighted by Gasteiger charge is -2.14. The summed E-state index contributed by atoms with van der Waals surface area (Å²) in [4.78, 5) is 15.9. The Morgan fingerprint density at radius 3 is 2.93 bits per heavy atom. The average Bonchev–Trinajstić information content (AvgIpc) is 2.12. The van der Waals surface area contributed by atoms with Crippen molar-refractivity contribution in [1.29, 1.82) is 0 Å². The predicted molar refractivity (Wildman–Crippen MR) is 60.8 cm³/mol. The maximum absolute atomic E-state index is 11.8. The summed E-state index contributed by atoms with van der Waals surface area (Å²) < 4.78 is 0.805. The molecule has 0 aromatic heterocycles. The monoisotopic (exact) mass is 271 g/mol. The van der Waals surface area contributed by atoms with Crippen molar-refractivity contribution in [2.75, 3.05) is 0 Å². The minimum Gasteiger partial charge on any atom is -0.293 e. The quantitative estimate of drug-likeness (QED) is 0.709. The lowest BCUT2D eigenvalue weighted by molar-refractivity contribution is 0.0962. The summed E-state index contributed by atoms with van der Waals surface area (Å²) in [5.41, 5.74) is 1.18. The van der Waals surface area contributed by atoms with Gasteiger partial charge in [-0.05, 0) is 12.1 Å². The van der Waals surface area contributed by atoms with Gasteiger partial charge in [-0.1, -0.05) is 34.5 Å². The second kappa shape index (κ2) is 3.48. The van der Waals surface area contributed by atoms with Gasteiger partial charge in [0.1, 0.15) is 0 Å². The molecular formula is C10H7BrClNO. The number of rotatable bonds is 0. The molecule has 1 aromatic rings. The number of benzene rings is 1. The van der Waals surface area contributed by atoms with Crippen LogP contribution in [0.2, 0.25) is 5.02 Å². The highest BCUT2D eigenvalue weighted by Gasteiger charge is 2.23. The van der Waals surface area contributed by atoms with Gasteiger partial charge in [0.15, 0.2) is 5.78 Å². The standard InChI is InChI=1S/C10H7BrClNO/c1-5-4-13-9-7(10(5)14)2-6(11)3-8(9)12/h2-5H,1H3. The van der Waals surface area contributed by atoms with E-state index in [-0.39, 0.29) is 11.7 Å². The molecule has 0 radical (unpaired) electrons. The van der Waals surface area contributed by atoms with E-state index in [0.717, 1.165) is 4.47 Å². The third-order valence-corrected chi connectivity index (χ3v) is 2.88. The Bertz CT molecular complexity index is 442. The number of carbonyl (C=O) groups is 1. The van der Waals surface area contributed by atoms with Crippen molar-refractivity contribution in [3.63, 3.8) is 0 Å². The van der Waals surface area contributed by atoms with E-state index >= 15 is 0 Å². The minimum atomic E-state index is -0.159. The molecule has 0 saturated carbocycles. The van der Waals surface area contributed by atoms with Gasteiger partial charge in [-0.15, -0.1) is 0 Å². The summed E-state index contributed by atoms with van der Waals surface area (Å²) in [6.07, 6.45) is 1.63. The normalized spacial score (nSPS) is 19.6. The van der Waals surface area contributed by atoms with Crippen molar-refractivity contribution in [2.45, 2.75) is 6.92 Å². The number of halogens is 2. The minimum absolute atomic E-state index is 0.0678. The van der Waals surface area contributed by atoms with Crippen molar-refractivity contribution in [3.05, 3.63) is 27.2 Å². The topological polar surface area (TPSA) is 29.4 Å². The molecular weight excluding hydrogens is 265 g/mol. The van der Waals surface area contributed by atoms with Gasteiger partial charge in [0.25, 0.3) is 0 Å². The van der Waals surface area contributed by atoms with E-state index in [4.69, 9.17) is 11.6 Å². The number of carbonyl (C=O) groups excluding carboxylic acids is 1. The number of hydrogen-bond acceptors (Lipinski definition) is 2. The zero-order valence-corrected chi connectivity index (χ0v) is 9.76. The molecule has 4 heteroatoms. The highest BCUT2D eigenvalue weighted by Crippen LogP contribution is 2.35. The molecule has 1 aliphatic heterocycles. The van der Waals surface area contributed by atoms with Crippen molar-refractivity contribution in [3.8, 4) is 0 Å². The SMILES string of the molecule is CC1C=Nc2c(Cl)cc(Br)cc2C1=O. The van der Waals surface area contributed by atoms with Crippen LogP contribution in [0.1, 0.15) is 17.3 Å². The number of hydrogen-bond donors (Lipinski definition) is 0. The fraction of sp³-hybridized carbons (Fsp3) is 0.200. The van der Waals surface area contributed by atoms with Crippen LogP contribution in [0.5, 0.6) is 0 Å². The Balaban J connectivity index is 2.68. The van der Waals surface area contributed by atoms with Crippen LogP contribution in [0.4, 0.5) is 5.69 Å². The summed E-state index contributed by atoms with van der Waals surface area (Å²) in [5.74, 6) is -0.0916. The Labute approximate surface area is 95.1 Å². The van der Waals surface area contributed by atoms with E-state index in [9.17, 15) is 4.79 Å². The van der Waals surface area contributed by atoms with Crippen LogP contribution in [0.25, 0.3) is 0 Å². The lowest BCUT2D eigenvalue weighted by atomic mass is 9.96. The van der Waals surface area contributed by atoms with Crippen LogP contribution in [0, 0.1) is 5.92 Å². The molecule has 0 aliphatic carbocycles.